The number of fused-ring (bicyclic) bond motifs is 1. The summed E-state index contributed by atoms with van der Waals surface area (Å²) in [5.74, 6) is 0.954. The summed E-state index contributed by atoms with van der Waals surface area (Å²) in [7, 11) is 0. The van der Waals surface area contributed by atoms with Gasteiger partial charge in [-0.25, -0.2) is 9.37 Å². The molecule has 4 aromatic rings. The molecule has 0 saturated carbocycles. The Balaban J connectivity index is 1.58. The molecule has 1 heterocycles. The Morgan fingerprint density at radius 3 is 2.72 bits per heavy atom. The highest BCUT2D eigenvalue weighted by atomic mass is 35.5. The van der Waals surface area contributed by atoms with Crippen molar-refractivity contribution in [3.8, 4) is 17.1 Å². The maximum Gasteiger partial charge on any atom is 0.148 e. The molecule has 0 aliphatic carbocycles. The van der Waals surface area contributed by atoms with Crippen LogP contribution in [0.5, 0.6) is 5.75 Å². The van der Waals surface area contributed by atoms with Gasteiger partial charge in [-0.1, -0.05) is 48.0 Å². The number of hydrogen-bond acceptors (Lipinski definition) is 2. The van der Waals surface area contributed by atoms with E-state index in [1.54, 1.807) is 12.1 Å². The Kier molecular flexibility index (Phi) is 4.12. The van der Waals surface area contributed by atoms with Crippen molar-refractivity contribution in [2.24, 2.45) is 0 Å². The predicted octanol–water partition coefficient (Wildman–Crippen LogP) is 5.60. The molecule has 0 aliphatic heterocycles. The van der Waals surface area contributed by atoms with E-state index < -0.39 is 5.82 Å². The number of aromatic amines is 1. The van der Waals surface area contributed by atoms with E-state index in [1.165, 1.54) is 6.07 Å². The summed E-state index contributed by atoms with van der Waals surface area (Å²) in [6.45, 7) is 0.107. The first-order valence-corrected chi connectivity index (χ1v) is 8.19. The van der Waals surface area contributed by atoms with Crippen molar-refractivity contribution in [1.29, 1.82) is 0 Å². The van der Waals surface area contributed by atoms with Gasteiger partial charge in [0.05, 0.1) is 16.1 Å². The molecule has 1 N–H and O–H groups in total. The Morgan fingerprint density at radius 2 is 1.84 bits per heavy atom. The van der Waals surface area contributed by atoms with Gasteiger partial charge in [-0.05, 0) is 30.3 Å². The molecule has 5 heteroatoms. The summed E-state index contributed by atoms with van der Waals surface area (Å²) in [4.78, 5) is 7.86. The van der Waals surface area contributed by atoms with Crippen molar-refractivity contribution in [2.45, 2.75) is 6.61 Å². The third-order valence-corrected chi connectivity index (χ3v) is 4.21. The van der Waals surface area contributed by atoms with E-state index in [2.05, 4.69) is 9.97 Å². The van der Waals surface area contributed by atoms with E-state index in [1.807, 2.05) is 48.5 Å². The lowest BCUT2D eigenvalue weighted by Gasteiger charge is -2.09. The van der Waals surface area contributed by atoms with Crippen LogP contribution in [0.25, 0.3) is 22.4 Å². The van der Waals surface area contributed by atoms with Crippen LogP contribution in [-0.2, 0) is 6.61 Å². The van der Waals surface area contributed by atoms with Gasteiger partial charge in [0.15, 0.2) is 0 Å². The van der Waals surface area contributed by atoms with Gasteiger partial charge in [-0.15, -0.1) is 0 Å². The fraction of sp³-hybridized carbons (Fsp3) is 0.0500. The third kappa shape index (κ3) is 3.21. The maximum atomic E-state index is 13.9. The van der Waals surface area contributed by atoms with E-state index in [-0.39, 0.29) is 11.6 Å². The van der Waals surface area contributed by atoms with Crippen molar-refractivity contribution in [3.63, 3.8) is 0 Å². The maximum absolute atomic E-state index is 13.9. The molecule has 3 nitrogen and oxygen atoms in total. The van der Waals surface area contributed by atoms with Crippen molar-refractivity contribution < 1.29 is 9.13 Å². The number of rotatable bonds is 4. The molecule has 0 unspecified atom stereocenters. The fourth-order valence-corrected chi connectivity index (χ4v) is 2.84. The van der Waals surface area contributed by atoms with Gasteiger partial charge in [0.25, 0.3) is 0 Å². The van der Waals surface area contributed by atoms with Crippen LogP contribution in [0.3, 0.4) is 0 Å². The minimum atomic E-state index is -0.447. The zero-order chi connectivity index (χ0) is 17.2. The van der Waals surface area contributed by atoms with Crippen LogP contribution in [0.4, 0.5) is 4.39 Å². The van der Waals surface area contributed by atoms with Crippen LogP contribution < -0.4 is 4.74 Å². The number of nitrogens with zero attached hydrogens (tertiary/aromatic N) is 1. The molecular weight excluding hydrogens is 339 g/mol. The minimum absolute atomic E-state index is 0.0946. The second-order valence-electron chi connectivity index (χ2n) is 5.63. The highest BCUT2D eigenvalue weighted by molar-refractivity contribution is 6.30. The number of halogens is 2. The van der Waals surface area contributed by atoms with Crippen molar-refractivity contribution in [1.82, 2.24) is 9.97 Å². The van der Waals surface area contributed by atoms with Gasteiger partial charge in [0.1, 0.15) is 24.0 Å². The molecule has 0 aliphatic rings. The highest BCUT2D eigenvalue weighted by Crippen LogP contribution is 2.25. The van der Waals surface area contributed by atoms with E-state index >= 15 is 0 Å². The second-order valence-corrected chi connectivity index (χ2v) is 6.04. The van der Waals surface area contributed by atoms with Crippen molar-refractivity contribution in [3.05, 3.63) is 83.1 Å². The summed E-state index contributed by atoms with van der Waals surface area (Å²) < 4.78 is 19.7. The number of nitrogens with one attached hydrogen (secondary N) is 1. The third-order valence-electron chi connectivity index (χ3n) is 3.92. The molecule has 0 radical (unpaired) electrons. The second kappa shape index (κ2) is 6.57. The molecule has 25 heavy (non-hydrogen) atoms. The summed E-state index contributed by atoms with van der Waals surface area (Å²) >= 11 is 5.80. The number of aromatic nitrogens is 2. The fourth-order valence-electron chi connectivity index (χ4n) is 2.64. The average molecular weight is 353 g/mol. The largest absolute Gasteiger partial charge is 0.489 e. The normalized spacial score (nSPS) is 11.0. The van der Waals surface area contributed by atoms with Gasteiger partial charge in [-0.2, -0.15) is 0 Å². The lowest BCUT2D eigenvalue weighted by Crippen LogP contribution is -1.99. The Morgan fingerprint density at radius 1 is 1.00 bits per heavy atom. The van der Waals surface area contributed by atoms with Gasteiger partial charge in [-0.3, -0.25) is 0 Å². The first kappa shape index (κ1) is 15.7. The molecule has 0 amide bonds. The van der Waals surface area contributed by atoms with Crippen LogP contribution in [0.2, 0.25) is 5.02 Å². The molecule has 0 saturated heterocycles. The van der Waals surface area contributed by atoms with Crippen LogP contribution in [0.15, 0.2) is 66.7 Å². The van der Waals surface area contributed by atoms with Gasteiger partial charge < -0.3 is 9.72 Å². The molecule has 124 valence electrons. The lowest BCUT2D eigenvalue weighted by molar-refractivity contribution is 0.300. The van der Waals surface area contributed by atoms with Gasteiger partial charge >= 0.3 is 0 Å². The number of benzene rings is 3. The smallest absolute Gasteiger partial charge is 0.148 e. The van der Waals surface area contributed by atoms with Gasteiger partial charge in [0, 0.05) is 11.1 Å². The molecule has 0 spiro atoms. The first-order valence-electron chi connectivity index (χ1n) is 7.81. The first-order chi connectivity index (χ1) is 12.2. The van der Waals surface area contributed by atoms with Crippen LogP contribution in [-0.4, -0.2) is 9.97 Å². The van der Waals surface area contributed by atoms with Gasteiger partial charge in [0.2, 0.25) is 0 Å². The standard InChI is InChI=1S/C20H14ClFN2O/c21-16-8-4-6-14(19(16)22)12-25-15-7-3-5-13(11-15)20-23-17-9-1-2-10-18(17)24-20/h1-11H,12H2,(H,23,24). The summed E-state index contributed by atoms with van der Waals surface area (Å²) in [5.41, 5.74) is 3.21. The quantitative estimate of drug-likeness (QED) is 0.519. The molecule has 0 fully saturated rings. The van der Waals surface area contributed by atoms with E-state index in [4.69, 9.17) is 16.3 Å². The average Bonchev–Trinajstić information content (AvgIpc) is 3.07. The van der Waals surface area contributed by atoms with Crippen molar-refractivity contribution >= 4 is 22.6 Å². The lowest BCUT2D eigenvalue weighted by atomic mass is 10.2. The summed E-state index contributed by atoms with van der Waals surface area (Å²) in [6.07, 6.45) is 0. The van der Waals surface area contributed by atoms with Crippen molar-refractivity contribution in [2.75, 3.05) is 0 Å². The topological polar surface area (TPSA) is 37.9 Å². The van der Waals surface area contributed by atoms with E-state index in [0.717, 1.165) is 22.4 Å². The molecule has 0 bridgehead atoms. The number of H-pyrrole nitrogens is 1. The van der Waals surface area contributed by atoms with E-state index in [0.29, 0.717) is 11.3 Å². The zero-order valence-electron chi connectivity index (χ0n) is 13.2. The van der Waals surface area contributed by atoms with Crippen LogP contribution >= 0.6 is 11.6 Å². The molecule has 1 aromatic heterocycles. The van der Waals surface area contributed by atoms with Crippen LogP contribution in [0, 0.1) is 5.82 Å². The van der Waals surface area contributed by atoms with Crippen LogP contribution in [0.1, 0.15) is 5.56 Å². The molecule has 4 rings (SSSR count). The molecule has 0 atom stereocenters. The Labute approximate surface area is 149 Å². The number of ether oxygens (including phenoxy) is 1. The highest BCUT2D eigenvalue weighted by Gasteiger charge is 2.09. The Bertz CT molecular complexity index is 1010. The molecular formula is C20H14ClFN2O. The SMILES string of the molecule is Fc1c(Cl)cccc1COc1cccc(-c2nc3ccccc3[nH]2)c1. The monoisotopic (exact) mass is 352 g/mol. The Hall–Kier alpha value is -2.85. The zero-order valence-corrected chi connectivity index (χ0v) is 13.9. The summed E-state index contributed by atoms with van der Waals surface area (Å²) in [6, 6.07) is 20.3. The molecule has 3 aromatic carbocycles. The number of imidazole rings is 1. The summed E-state index contributed by atoms with van der Waals surface area (Å²) in [5, 5.41) is 0.0946. The van der Waals surface area contributed by atoms with E-state index in [9.17, 15) is 4.39 Å². The predicted molar refractivity (Wildman–Crippen MR) is 97.3 cm³/mol. The number of hydrogen-bond donors (Lipinski definition) is 1. The minimum Gasteiger partial charge on any atom is -0.489 e. The number of para-hydroxylation sites is 2.